The van der Waals surface area contributed by atoms with Crippen LogP contribution < -0.4 is 0 Å². The largest absolute Gasteiger partial charge is 0.227 e. The van der Waals surface area contributed by atoms with Crippen LogP contribution in [0.5, 0.6) is 0 Å². The van der Waals surface area contributed by atoms with E-state index in [1.54, 1.807) is 23.6 Å². The van der Waals surface area contributed by atoms with Gasteiger partial charge in [-0.05, 0) is 12.1 Å². The second-order valence-electron chi connectivity index (χ2n) is 2.52. The molecule has 2 nitrogen and oxygen atoms in total. The third-order valence-electron chi connectivity index (χ3n) is 1.71. The standard InChI is InChI=1S/C8H5ClO2S2/c9-5-1-2-6-7(3-5)12-4-8(6)13(10)11/h1-4,13H. The summed E-state index contributed by atoms with van der Waals surface area (Å²) in [4.78, 5) is 0.381. The molecule has 2 aromatic rings. The molecule has 0 saturated heterocycles. The van der Waals surface area contributed by atoms with Crippen LogP contribution in [0.15, 0.2) is 28.5 Å². The SMILES string of the molecule is O=[SH](=O)c1csc2cc(Cl)ccc12. The highest BCUT2D eigenvalue weighted by Crippen LogP contribution is 2.29. The molecule has 1 heterocycles. The van der Waals surface area contributed by atoms with Crippen molar-refractivity contribution in [2.75, 3.05) is 0 Å². The summed E-state index contributed by atoms with van der Waals surface area (Å²) in [6.07, 6.45) is 0. The first-order valence-corrected chi connectivity index (χ1v) is 5.93. The average Bonchev–Trinajstić information content (AvgIpc) is 2.46. The predicted octanol–water partition coefficient (Wildman–Crippen LogP) is 2.53. The molecule has 0 spiro atoms. The number of thiophene rings is 1. The lowest BCUT2D eigenvalue weighted by Gasteiger charge is -1.90. The molecule has 0 unspecified atom stereocenters. The maximum Gasteiger partial charge on any atom is 0.169 e. The lowest BCUT2D eigenvalue weighted by atomic mass is 10.3. The van der Waals surface area contributed by atoms with E-state index < -0.39 is 10.7 Å². The van der Waals surface area contributed by atoms with Crippen LogP contribution in [0.3, 0.4) is 0 Å². The molecule has 5 heteroatoms. The fraction of sp³-hybridized carbons (Fsp3) is 0. The van der Waals surface area contributed by atoms with Crippen molar-refractivity contribution in [3.63, 3.8) is 0 Å². The van der Waals surface area contributed by atoms with E-state index in [-0.39, 0.29) is 0 Å². The van der Waals surface area contributed by atoms with Crippen LogP contribution in [0.4, 0.5) is 0 Å². The van der Waals surface area contributed by atoms with Crippen molar-refractivity contribution in [3.8, 4) is 0 Å². The predicted molar refractivity (Wildman–Crippen MR) is 55.4 cm³/mol. The van der Waals surface area contributed by atoms with Crippen molar-refractivity contribution in [2.24, 2.45) is 0 Å². The normalized spacial score (nSPS) is 11.2. The zero-order chi connectivity index (χ0) is 9.42. The number of hydrogen-bond donors (Lipinski definition) is 1. The molecule has 0 radical (unpaired) electrons. The summed E-state index contributed by atoms with van der Waals surface area (Å²) in [5.41, 5.74) is 0. The van der Waals surface area contributed by atoms with Gasteiger partial charge >= 0.3 is 0 Å². The first kappa shape index (κ1) is 8.99. The van der Waals surface area contributed by atoms with Crippen LogP contribution in [0.25, 0.3) is 10.1 Å². The van der Waals surface area contributed by atoms with Crippen LogP contribution in [-0.2, 0) is 10.7 Å². The van der Waals surface area contributed by atoms with E-state index in [1.807, 2.05) is 0 Å². The van der Waals surface area contributed by atoms with Crippen LogP contribution in [0.2, 0.25) is 5.02 Å². The summed E-state index contributed by atoms with van der Waals surface area (Å²) in [6.45, 7) is 0. The molecule has 1 aromatic heterocycles. The van der Waals surface area contributed by atoms with Gasteiger partial charge in [0.2, 0.25) is 0 Å². The summed E-state index contributed by atoms with van der Waals surface area (Å²) in [6, 6.07) is 5.19. The number of hydrogen-bond acceptors (Lipinski definition) is 3. The first-order valence-electron chi connectivity index (χ1n) is 3.49. The number of fused-ring (bicyclic) bond motifs is 1. The number of rotatable bonds is 1. The molecule has 0 bridgehead atoms. The topological polar surface area (TPSA) is 34.1 Å². The Morgan fingerprint density at radius 2 is 2.08 bits per heavy atom. The second kappa shape index (κ2) is 3.29. The molecular formula is C8H5ClO2S2. The van der Waals surface area contributed by atoms with Gasteiger partial charge in [0.1, 0.15) is 0 Å². The molecule has 0 aliphatic heterocycles. The van der Waals surface area contributed by atoms with E-state index in [1.165, 1.54) is 11.3 Å². The van der Waals surface area contributed by atoms with Crippen molar-refractivity contribution in [1.29, 1.82) is 0 Å². The fourth-order valence-corrected chi connectivity index (χ4v) is 3.20. The van der Waals surface area contributed by atoms with Gasteiger partial charge < -0.3 is 0 Å². The molecule has 13 heavy (non-hydrogen) atoms. The highest BCUT2D eigenvalue weighted by Gasteiger charge is 2.05. The van der Waals surface area contributed by atoms with Gasteiger partial charge in [-0.25, -0.2) is 8.42 Å². The summed E-state index contributed by atoms with van der Waals surface area (Å²) >= 11 is 7.15. The number of benzene rings is 1. The Balaban J connectivity index is 2.83. The van der Waals surface area contributed by atoms with Crippen LogP contribution >= 0.6 is 22.9 Å². The van der Waals surface area contributed by atoms with Crippen LogP contribution in [0.1, 0.15) is 0 Å². The Morgan fingerprint density at radius 1 is 1.31 bits per heavy atom. The summed E-state index contributed by atoms with van der Waals surface area (Å²) in [5.74, 6) is 0. The van der Waals surface area contributed by atoms with Gasteiger partial charge in [-0.3, -0.25) is 0 Å². The minimum absolute atomic E-state index is 0.381. The Morgan fingerprint density at radius 3 is 2.77 bits per heavy atom. The molecule has 2 rings (SSSR count). The molecule has 0 N–H and O–H groups in total. The second-order valence-corrected chi connectivity index (χ2v) is 4.86. The van der Waals surface area contributed by atoms with Crippen LogP contribution in [-0.4, -0.2) is 8.42 Å². The minimum Gasteiger partial charge on any atom is -0.227 e. The Bertz CT molecular complexity index is 520. The fourth-order valence-electron chi connectivity index (χ4n) is 1.13. The minimum atomic E-state index is -2.50. The monoisotopic (exact) mass is 232 g/mol. The maximum absolute atomic E-state index is 10.8. The van der Waals surface area contributed by atoms with Gasteiger partial charge in [0.05, 0.1) is 4.90 Å². The third kappa shape index (κ3) is 1.57. The van der Waals surface area contributed by atoms with Crippen molar-refractivity contribution in [3.05, 3.63) is 28.6 Å². The Kier molecular flexibility index (Phi) is 2.27. The molecule has 68 valence electrons. The molecule has 1 aromatic carbocycles. The number of thiol groups is 1. The zero-order valence-electron chi connectivity index (χ0n) is 6.36. The average molecular weight is 233 g/mol. The van der Waals surface area contributed by atoms with E-state index >= 15 is 0 Å². The van der Waals surface area contributed by atoms with Crippen molar-refractivity contribution in [1.82, 2.24) is 0 Å². The van der Waals surface area contributed by atoms with Gasteiger partial charge in [0, 0.05) is 20.5 Å². The molecular weight excluding hydrogens is 228 g/mol. The highest BCUT2D eigenvalue weighted by atomic mass is 35.5. The van der Waals surface area contributed by atoms with E-state index in [9.17, 15) is 8.42 Å². The van der Waals surface area contributed by atoms with Gasteiger partial charge in [-0.1, -0.05) is 17.7 Å². The number of halogens is 1. The lowest BCUT2D eigenvalue weighted by Crippen LogP contribution is -1.75. The van der Waals surface area contributed by atoms with Crippen molar-refractivity contribution >= 4 is 43.7 Å². The van der Waals surface area contributed by atoms with Gasteiger partial charge in [0.15, 0.2) is 10.7 Å². The Hall–Kier alpha value is -0.580. The third-order valence-corrected chi connectivity index (χ3v) is 3.83. The lowest BCUT2D eigenvalue weighted by molar-refractivity contribution is 0.615. The van der Waals surface area contributed by atoms with E-state index in [0.29, 0.717) is 9.92 Å². The molecule has 0 aliphatic carbocycles. The Labute approximate surface area is 85.7 Å². The van der Waals surface area contributed by atoms with Crippen LogP contribution in [0, 0.1) is 0 Å². The van der Waals surface area contributed by atoms with Gasteiger partial charge in [0.25, 0.3) is 0 Å². The highest BCUT2D eigenvalue weighted by molar-refractivity contribution is 7.73. The zero-order valence-corrected chi connectivity index (χ0v) is 8.83. The molecule has 0 aliphatic rings. The van der Waals surface area contributed by atoms with Gasteiger partial charge in [-0.2, -0.15) is 0 Å². The molecule has 0 fully saturated rings. The van der Waals surface area contributed by atoms with Gasteiger partial charge in [-0.15, -0.1) is 11.3 Å². The quantitative estimate of drug-likeness (QED) is 0.767. The van der Waals surface area contributed by atoms with E-state index in [0.717, 1.165) is 10.1 Å². The smallest absolute Gasteiger partial charge is 0.169 e. The van der Waals surface area contributed by atoms with E-state index in [4.69, 9.17) is 11.6 Å². The molecule has 0 saturated carbocycles. The van der Waals surface area contributed by atoms with E-state index in [2.05, 4.69) is 0 Å². The molecule has 0 amide bonds. The van der Waals surface area contributed by atoms with Crippen molar-refractivity contribution < 1.29 is 8.42 Å². The summed E-state index contributed by atoms with van der Waals surface area (Å²) < 4.78 is 22.4. The first-order chi connectivity index (χ1) is 6.18. The summed E-state index contributed by atoms with van der Waals surface area (Å²) in [5, 5.41) is 3.01. The van der Waals surface area contributed by atoms with Crippen molar-refractivity contribution in [2.45, 2.75) is 4.90 Å². The summed E-state index contributed by atoms with van der Waals surface area (Å²) in [7, 11) is -2.50. The maximum atomic E-state index is 10.8. The molecule has 0 atom stereocenters.